The van der Waals surface area contributed by atoms with Gasteiger partial charge in [-0.3, -0.25) is 4.79 Å². The van der Waals surface area contributed by atoms with Crippen LogP contribution in [0.15, 0.2) is 39.7 Å². The Balaban J connectivity index is 1.68. The number of hydrogen-bond donors (Lipinski definition) is 1. The van der Waals surface area contributed by atoms with Crippen LogP contribution in [-0.4, -0.2) is 18.3 Å². The predicted octanol–water partition coefficient (Wildman–Crippen LogP) is 3.68. The summed E-state index contributed by atoms with van der Waals surface area (Å²) < 4.78 is 15.9. The molecular weight excluding hydrogens is 343 g/mol. The van der Waals surface area contributed by atoms with E-state index in [2.05, 4.69) is 0 Å². The smallest absolute Gasteiger partial charge is 0.227 e. The summed E-state index contributed by atoms with van der Waals surface area (Å²) in [5.41, 5.74) is -0.313. The van der Waals surface area contributed by atoms with E-state index >= 15 is 0 Å². The molecule has 1 heterocycles. The lowest BCUT2D eigenvalue weighted by atomic mass is 10.3. The van der Waals surface area contributed by atoms with Crippen molar-refractivity contribution in [1.29, 1.82) is 0 Å². The average Bonchev–Trinajstić information content (AvgIpc) is 2.55. The normalized spacial score (nSPS) is 10.6. The fraction of sp³-hybridized carbons (Fsp3) is 0.312. The average molecular weight is 359 g/mol. The first-order valence-corrected chi connectivity index (χ1v) is 7.79. The van der Waals surface area contributed by atoms with Gasteiger partial charge in [-0.15, -0.1) is 0 Å². The number of benzene rings is 1. The van der Waals surface area contributed by atoms with Crippen LogP contribution in [0.4, 0.5) is 0 Å². The highest BCUT2D eigenvalue weighted by Gasteiger charge is 2.04. The van der Waals surface area contributed by atoms with Crippen molar-refractivity contribution in [2.45, 2.75) is 19.4 Å². The molecule has 1 aromatic carbocycles. The van der Waals surface area contributed by atoms with Crippen LogP contribution in [0.25, 0.3) is 0 Å². The highest BCUT2D eigenvalue weighted by Crippen LogP contribution is 2.26. The summed E-state index contributed by atoms with van der Waals surface area (Å²) in [4.78, 5) is 11.6. The number of ether oxygens (including phenoxy) is 2. The van der Waals surface area contributed by atoms with Crippen molar-refractivity contribution in [3.8, 4) is 11.5 Å². The third-order valence-corrected chi connectivity index (χ3v) is 3.70. The lowest BCUT2D eigenvalue weighted by Crippen LogP contribution is -2.09. The Bertz CT molecular complexity index is 699. The number of hydrogen-bond acceptors (Lipinski definition) is 5. The summed E-state index contributed by atoms with van der Waals surface area (Å²) in [6.07, 6.45) is 2.67. The molecule has 5 nitrogen and oxygen atoms in total. The van der Waals surface area contributed by atoms with Crippen LogP contribution in [0.5, 0.6) is 11.5 Å². The number of aliphatic hydroxyl groups excluding tert-OH is 1. The maximum atomic E-state index is 11.6. The lowest BCUT2D eigenvalue weighted by molar-refractivity contribution is 0.234. The molecule has 0 aliphatic rings. The molecule has 0 unspecified atom stereocenters. The SMILES string of the molecule is O=c1cc(CO)occ1OCCCCOc1ccc(Cl)c(Cl)c1. The van der Waals surface area contributed by atoms with Gasteiger partial charge in [-0.05, 0) is 25.0 Å². The van der Waals surface area contributed by atoms with Crippen molar-refractivity contribution in [2.75, 3.05) is 13.2 Å². The Morgan fingerprint density at radius 3 is 2.43 bits per heavy atom. The second-order valence-corrected chi connectivity index (χ2v) is 5.53. The minimum Gasteiger partial charge on any atom is -0.494 e. The number of halogens is 2. The summed E-state index contributed by atoms with van der Waals surface area (Å²) >= 11 is 11.7. The molecule has 2 rings (SSSR count). The third kappa shape index (κ3) is 5.46. The van der Waals surface area contributed by atoms with E-state index in [1.165, 1.54) is 12.3 Å². The van der Waals surface area contributed by atoms with Gasteiger partial charge in [0, 0.05) is 12.1 Å². The first kappa shape index (κ1) is 17.7. The zero-order chi connectivity index (χ0) is 16.7. The molecule has 1 N–H and O–H groups in total. The Morgan fingerprint density at radius 1 is 1.04 bits per heavy atom. The van der Waals surface area contributed by atoms with Gasteiger partial charge in [0.2, 0.25) is 11.2 Å². The van der Waals surface area contributed by atoms with Crippen molar-refractivity contribution >= 4 is 23.2 Å². The van der Waals surface area contributed by atoms with Crippen LogP contribution in [-0.2, 0) is 6.61 Å². The van der Waals surface area contributed by atoms with Gasteiger partial charge in [0.1, 0.15) is 24.4 Å². The molecule has 0 aliphatic heterocycles. The topological polar surface area (TPSA) is 68.9 Å². The van der Waals surface area contributed by atoms with E-state index in [1.807, 2.05) is 0 Å². The molecule has 0 atom stereocenters. The van der Waals surface area contributed by atoms with Crippen LogP contribution < -0.4 is 14.9 Å². The van der Waals surface area contributed by atoms with E-state index in [-0.39, 0.29) is 23.5 Å². The molecule has 0 amide bonds. The maximum Gasteiger partial charge on any atom is 0.227 e. The zero-order valence-electron chi connectivity index (χ0n) is 12.3. The van der Waals surface area contributed by atoms with Crippen molar-refractivity contribution < 1.29 is 19.0 Å². The van der Waals surface area contributed by atoms with E-state index < -0.39 is 0 Å². The zero-order valence-corrected chi connectivity index (χ0v) is 13.8. The minimum atomic E-state index is -0.318. The van der Waals surface area contributed by atoms with Crippen LogP contribution in [0.1, 0.15) is 18.6 Å². The van der Waals surface area contributed by atoms with E-state index in [9.17, 15) is 4.79 Å². The van der Waals surface area contributed by atoms with Gasteiger partial charge in [0.25, 0.3) is 0 Å². The van der Waals surface area contributed by atoms with Gasteiger partial charge in [0.05, 0.1) is 23.3 Å². The maximum absolute atomic E-state index is 11.6. The van der Waals surface area contributed by atoms with E-state index in [0.29, 0.717) is 35.4 Å². The molecular formula is C16H16Cl2O5. The molecule has 0 radical (unpaired) electrons. The standard InChI is InChI=1S/C16H16Cl2O5/c17-13-4-3-11(7-14(13)18)21-5-1-2-6-22-16-10-23-12(9-19)8-15(16)20/h3-4,7-8,10,19H,1-2,5-6,9H2. The first-order valence-electron chi connectivity index (χ1n) is 7.03. The van der Waals surface area contributed by atoms with Crippen molar-refractivity contribution in [2.24, 2.45) is 0 Å². The first-order chi connectivity index (χ1) is 11.1. The van der Waals surface area contributed by atoms with Crippen LogP contribution in [0, 0.1) is 0 Å². The molecule has 7 heteroatoms. The minimum absolute atomic E-state index is 0.132. The molecule has 0 spiro atoms. The summed E-state index contributed by atoms with van der Waals surface area (Å²) in [5.74, 6) is 0.991. The molecule has 2 aromatic rings. The Kier molecular flexibility index (Phi) is 6.77. The summed E-state index contributed by atoms with van der Waals surface area (Å²) in [6.45, 7) is 0.551. The fourth-order valence-corrected chi connectivity index (χ4v) is 2.06. The summed E-state index contributed by atoms with van der Waals surface area (Å²) in [7, 11) is 0. The van der Waals surface area contributed by atoms with Crippen LogP contribution in [0.3, 0.4) is 0 Å². The Morgan fingerprint density at radius 2 is 1.78 bits per heavy atom. The summed E-state index contributed by atoms with van der Waals surface area (Å²) in [5, 5.41) is 9.78. The highest BCUT2D eigenvalue weighted by atomic mass is 35.5. The van der Waals surface area contributed by atoms with Gasteiger partial charge in [-0.1, -0.05) is 23.2 Å². The highest BCUT2D eigenvalue weighted by molar-refractivity contribution is 6.42. The number of aliphatic hydroxyl groups is 1. The van der Waals surface area contributed by atoms with Gasteiger partial charge in [0.15, 0.2) is 0 Å². The van der Waals surface area contributed by atoms with Gasteiger partial charge < -0.3 is 19.0 Å². The van der Waals surface area contributed by atoms with Crippen molar-refractivity contribution in [3.05, 3.63) is 56.6 Å². The second kappa shape index (κ2) is 8.82. The largest absolute Gasteiger partial charge is 0.494 e. The molecule has 1 aromatic heterocycles. The molecule has 0 aliphatic carbocycles. The molecule has 0 saturated carbocycles. The molecule has 23 heavy (non-hydrogen) atoms. The number of rotatable bonds is 8. The quantitative estimate of drug-likeness (QED) is 0.729. The van der Waals surface area contributed by atoms with Gasteiger partial charge in [-0.25, -0.2) is 0 Å². The van der Waals surface area contributed by atoms with Gasteiger partial charge in [-0.2, -0.15) is 0 Å². The molecule has 0 saturated heterocycles. The molecule has 0 fully saturated rings. The number of unbranched alkanes of at least 4 members (excludes halogenated alkanes) is 1. The summed E-state index contributed by atoms with van der Waals surface area (Å²) in [6, 6.07) is 6.30. The fourth-order valence-electron chi connectivity index (χ4n) is 1.77. The van der Waals surface area contributed by atoms with Crippen molar-refractivity contribution in [1.82, 2.24) is 0 Å². The van der Waals surface area contributed by atoms with Gasteiger partial charge >= 0.3 is 0 Å². The molecule has 0 bridgehead atoms. The monoisotopic (exact) mass is 358 g/mol. The van der Waals surface area contributed by atoms with E-state index in [4.69, 9.17) is 42.2 Å². The van der Waals surface area contributed by atoms with Crippen LogP contribution in [0.2, 0.25) is 10.0 Å². The lowest BCUT2D eigenvalue weighted by Gasteiger charge is -2.08. The van der Waals surface area contributed by atoms with Crippen LogP contribution >= 0.6 is 23.2 Å². The Hall–Kier alpha value is -1.69. The third-order valence-electron chi connectivity index (χ3n) is 2.96. The predicted molar refractivity (Wildman–Crippen MR) is 87.6 cm³/mol. The molecule has 124 valence electrons. The van der Waals surface area contributed by atoms with E-state index in [1.54, 1.807) is 18.2 Å². The van der Waals surface area contributed by atoms with Crippen molar-refractivity contribution in [3.63, 3.8) is 0 Å². The van der Waals surface area contributed by atoms with E-state index in [0.717, 1.165) is 6.42 Å². The Labute approximate surface area is 143 Å². The second-order valence-electron chi connectivity index (χ2n) is 4.71.